The zero-order valence-corrected chi connectivity index (χ0v) is 18.4. The van der Waals surface area contributed by atoms with Crippen LogP contribution in [-0.4, -0.2) is 26.8 Å². The maximum absolute atomic E-state index is 6.02. The van der Waals surface area contributed by atoms with E-state index in [1.807, 2.05) is 36.4 Å². The number of hydrogen-bond acceptors (Lipinski definition) is 4. The number of anilines is 1. The molecule has 0 fully saturated rings. The molecule has 0 heterocycles. The molecule has 0 aromatic heterocycles. The third kappa shape index (κ3) is 7.26. The lowest BCUT2D eigenvalue weighted by Gasteiger charge is -2.11. The van der Waals surface area contributed by atoms with Gasteiger partial charge < -0.3 is 25.3 Å². The van der Waals surface area contributed by atoms with Crippen molar-refractivity contribution in [2.24, 2.45) is 10.7 Å². The highest BCUT2D eigenvalue weighted by Gasteiger charge is 2.06. The first-order chi connectivity index (χ1) is 12.7. The Morgan fingerprint density at radius 1 is 1.04 bits per heavy atom. The van der Waals surface area contributed by atoms with E-state index < -0.39 is 0 Å². The van der Waals surface area contributed by atoms with Gasteiger partial charge in [0.15, 0.2) is 17.5 Å². The average Bonchev–Trinajstić information content (AvgIpc) is 2.67. The quantitative estimate of drug-likeness (QED) is 0.241. The molecule has 27 heavy (non-hydrogen) atoms. The largest absolute Gasteiger partial charge is 0.493 e. The minimum Gasteiger partial charge on any atom is -0.493 e. The van der Waals surface area contributed by atoms with Crippen molar-refractivity contribution in [2.45, 2.75) is 26.5 Å². The summed E-state index contributed by atoms with van der Waals surface area (Å²) in [6.45, 7) is 3.91. The normalized spacial score (nSPS) is 10.9. The Labute approximate surface area is 178 Å². The van der Waals surface area contributed by atoms with Crippen molar-refractivity contribution < 1.29 is 14.2 Å². The van der Waals surface area contributed by atoms with Gasteiger partial charge in [-0.1, -0.05) is 31.2 Å². The fraction of sp³-hybridized carbons (Fsp3) is 0.350. The Hall–Kier alpha value is -2.00. The topological polar surface area (TPSA) is 78.1 Å². The first kappa shape index (κ1) is 23.0. The lowest BCUT2D eigenvalue weighted by molar-refractivity contribution is 0.121. The molecule has 0 radical (unpaired) electrons. The number of methoxy groups -OCH3 is 2. The van der Waals surface area contributed by atoms with Crippen LogP contribution in [0.4, 0.5) is 5.69 Å². The van der Waals surface area contributed by atoms with Gasteiger partial charge in [-0.2, -0.15) is 0 Å². The highest BCUT2D eigenvalue weighted by Crippen LogP contribution is 2.29. The number of nitrogens with zero attached hydrogens (tertiary/aromatic N) is 1. The molecule has 0 unspecified atom stereocenters. The van der Waals surface area contributed by atoms with Gasteiger partial charge in [-0.05, 0) is 29.7 Å². The number of aliphatic imine (C=N–C) groups is 1. The van der Waals surface area contributed by atoms with E-state index in [1.54, 1.807) is 14.2 Å². The van der Waals surface area contributed by atoms with Gasteiger partial charge in [0, 0.05) is 18.4 Å². The van der Waals surface area contributed by atoms with Crippen LogP contribution in [0.3, 0.4) is 0 Å². The standard InChI is InChI=1S/C20H27N3O3.HI/c1-4-11-26-14-16-8-6-5-7-15(16)13-22-20(21)23-17-9-10-18(24-2)19(12-17)25-3;/h5-10,12H,4,11,13-14H2,1-3H3,(H3,21,22,23);1H. The van der Waals surface area contributed by atoms with Crippen molar-refractivity contribution in [3.8, 4) is 11.5 Å². The van der Waals surface area contributed by atoms with Crippen LogP contribution >= 0.6 is 24.0 Å². The molecule has 0 saturated heterocycles. The molecule has 0 aliphatic heterocycles. The summed E-state index contributed by atoms with van der Waals surface area (Å²) in [5.74, 6) is 1.62. The molecule has 0 saturated carbocycles. The van der Waals surface area contributed by atoms with Gasteiger partial charge in [-0.15, -0.1) is 24.0 Å². The van der Waals surface area contributed by atoms with E-state index in [1.165, 1.54) is 0 Å². The Bertz CT molecular complexity index is 738. The highest BCUT2D eigenvalue weighted by molar-refractivity contribution is 14.0. The number of benzene rings is 2. The molecule has 2 aromatic carbocycles. The lowest BCUT2D eigenvalue weighted by atomic mass is 10.1. The van der Waals surface area contributed by atoms with Gasteiger partial charge in [-0.3, -0.25) is 0 Å². The van der Waals surface area contributed by atoms with Gasteiger partial charge >= 0.3 is 0 Å². The van der Waals surface area contributed by atoms with Crippen molar-refractivity contribution in [3.63, 3.8) is 0 Å². The van der Waals surface area contributed by atoms with Crippen LogP contribution in [0.2, 0.25) is 0 Å². The molecule has 6 nitrogen and oxygen atoms in total. The maximum atomic E-state index is 6.02. The molecule has 0 atom stereocenters. The summed E-state index contributed by atoms with van der Waals surface area (Å²) < 4.78 is 16.2. The van der Waals surface area contributed by atoms with Crippen LogP contribution in [0.1, 0.15) is 24.5 Å². The van der Waals surface area contributed by atoms with E-state index in [0.29, 0.717) is 30.6 Å². The fourth-order valence-electron chi connectivity index (χ4n) is 2.45. The summed E-state index contributed by atoms with van der Waals surface area (Å²) in [5, 5.41) is 3.07. The number of hydrogen-bond donors (Lipinski definition) is 2. The summed E-state index contributed by atoms with van der Waals surface area (Å²) in [4.78, 5) is 4.43. The summed E-state index contributed by atoms with van der Waals surface area (Å²) >= 11 is 0. The van der Waals surface area contributed by atoms with Gasteiger partial charge in [0.2, 0.25) is 0 Å². The van der Waals surface area contributed by atoms with Crippen LogP contribution in [0, 0.1) is 0 Å². The second-order valence-electron chi connectivity index (χ2n) is 5.72. The zero-order valence-electron chi connectivity index (χ0n) is 16.0. The number of guanidine groups is 1. The van der Waals surface area contributed by atoms with Crippen LogP contribution in [0.25, 0.3) is 0 Å². The molecule has 0 spiro atoms. The molecular weight excluding hydrogens is 457 g/mol. The molecule has 148 valence electrons. The molecule has 0 amide bonds. The van der Waals surface area contributed by atoms with Crippen molar-refractivity contribution in [1.82, 2.24) is 0 Å². The van der Waals surface area contributed by atoms with Gasteiger partial charge in [0.05, 0.1) is 27.4 Å². The molecule has 0 bridgehead atoms. The summed E-state index contributed by atoms with van der Waals surface area (Å²) in [6, 6.07) is 13.6. The number of halogens is 1. The maximum Gasteiger partial charge on any atom is 0.193 e. The van der Waals surface area contributed by atoms with Gasteiger partial charge in [0.25, 0.3) is 0 Å². The van der Waals surface area contributed by atoms with Crippen molar-refractivity contribution >= 4 is 35.6 Å². The molecule has 0 aliphatic carbocycles. The molecule has 2 rings (SSSR count). The minimum absolute atomic E-state index is 0. The Morgan fingerprint density at radius 3 is 2.41 bits per heavy atom. The van der Waals surface area contributed by atoms with Crippen LogP contribution < -0.4 is 20.5 Å². The summed E-state index contributed by atoms with van der Waals surface area (Å²) in [7, 11) is 3.19. The predicted molar refractivity (Wildman–Crippen MR) is 120 cm³/mol. The first-order valence-corrected chi connectivity index (χ1v) is 8.61. The van der Waals surface area contributed by atoms with Gasteiger partial charge in [-0.25, -0.2) is 4.99 Å². The van der Waals surface area contributed by atoms with Gasteiger partial charge in [0.1, 0.15) is 0 Å². The average molecular weight is 485 g/mol. The predicted octanol–water partition coefficient (Wildman–Crippen LogP) is 4.18. The fourth-order valence-corrected chi connectivity index (χ4v) is 2.45. The third-order valence-corrected chi connectivity index (χ3v) is 3.80. The molecule has 3 N–H and O–H groups in total. The number of rotatable bonds is 9. The van der Waals surface area contributed by atoms with Crippen molar-refractivity contribution in [2.75, 3.05) is 26.1 Å². The Balaban J connectivity index is 0.00000364. The summed E-state index contributed by atoms with van der Waals surface area (Å²) in [6.07, 6.45) is 1.00. The summed E-state index contributed by atoms with van der Waals surface area (Å²) in [5.41, 5.74) is 9.03. The SMILES string of the molecule is CCCOCc1ccccc1CN=C(N)Nc1ccc(OC)c(OC)c1.I. The number of nitrogens with two attached hydrogens (primary N) is 1. The first-order valence-electron chi connectivity index (χ1n) is 8.61. The van der Waals surface area contributed by atoms with Crippen molar-refractivity contribution in [3.05, 3.63) is 53.6 Å². The molecule has 7 heteroatoms. The third-order valence-electron chi connectivity index (χ3n) is 3.80. The second-order valence-corrected chi connectivity index (χ2v) is 5.72. The van der Waals surface area contributed by atoms with E-state index in [9.17, 15) is 0 Å². The molecule has 2 aromatic rings. The van der Waals surface area contributed by atoms with E-state index in [4.69, 9.17) is 19.9 Å². The monoisotopic (exact) mass is 485 g/mol. The number of ether oxygens (including phenoxy) is 3. The van der Waals surface area contributed by atoms with E-state index in [-0.39, 0.29) is 24.0 Å². The van der Waals surface area contributed by atoms with E-state index in [0.717, 1.165) is 29.8 Å². The van der Waals surface area contributed by atoms with E-state index in [2.05, 4.69) is 23.3 Å². The van der Waals surface area contributed by atoms with Crippen molar-refractivity contribution in [1.29, 1.82) is 0 Å². The van der Waals surface area contributed by atoms with Crippen LogP contribution in [0.5, 0.6) is 11.5 Å². The molecule has 0 aliphatic rings. The minimum atomic E-state index is 0. The lowest BCUT2D eigenvalue weighted by Crippen LogP contribution is -2.22. The van der Waals surface area contributed by atoms with E-state index >= 15 is 0 Å². The zero-order chi connectivity index (χ0) is 18.8. The number of nitrogens with one attached hydrogen (secondary N) is 1. The Morgan fingerprint density at radius 2 is 1.74 bits per heavy atom. The Kier molecular flexibility index (Phi) is 10.6. The van der Waals surface area contributed by atoms with Crippen LogP contribution in [-0.2, 0) is 17.9 Å². The highest BCUT2D eigenvalue weighted by atomic mass is 127. The second kappa shape index (κ2) is 12.4. The van der Waals surface area contributed by atoms with Crippen LogP contribution in [0.15, 0.2) is 47.5 Å². The molecular formula is C20H28IN3O3. The smallest absolute Gasteiger partial charge is 0.193 e.